The van der Waals surface area contributed by atoms with Crippen molar-refractivity contribution in [1.29, 1.82) is 0 Å². The molecule has 0 atom stereocenters. The molecule has 0 aliphatic heterocycles. The molecule has 0 N–H and O–H groups in total. The van der Waals surface area contributed by atoms with Gasteiger partial charge in [-0.2, -0.15) is 0 Å². The van der Waals surface area contributed by atoms with Crippen LogP contribution in [0, 0.1) is 0 Å². The first-order valence-corrected chi connectivity index (χ1v) is 43.7. The molecule has 0 saturated heterocycles. The van der Waals surface area contributed by atoms with Gasteiger partial charge in [-0.15, -0.1) is 0 Å². The number of benzene rings is 15. The Balaban J connectivity index is 0.0000000844. The number of halogens is 1. The number of hydrogen-bond acceptors (Lipinski definition) is 13. The lowest BCUT2D eigenvalue weighted by Crippen LogP contribution is -1.93. The van der Waals surface area contributed by atoms with Crippen LogP contribution in [0.15, 0.2) is 347 Å². The maximum Gasteiger partial charge on any atom is 0.223 e. The molecule has 0 spiro atoms. The summed E-state index contributed by atoms with van der Waals surface area (Å²) in [6.45, 7) is 0. The lowest BCUT2D eigenvalue weighted by atomic mass is 10.0. The molecule has 0 saturated carbocycles. The standard InChI is InChI=1S/C38H22N6.C24H13N7.C23H12N8.C20H10ClN5/c1-5-13-30-26(9-1)27-10-2-6-14-31(27)41(30)25-19-17-23(18-20-25)24-21-34-36-35(22-24)43-33-16-8-4-12-29(33)40-38(43)44(36)37-39-28-11-3-7-15-32(28)42(34)37;1-3-8-17-15(6-1)27-23-29(17)19-12-14(22-25-10-5-11-26-22)13-20-21(19)31(23)24-28-16-7-2-4-9-18(16)30(20)24;1-3-7-16-14(5-1)27-22-29(16)18-9-13(21-25-11-24-12-26-21)10-19-20(18)31(22)23-28-15-6-2-4-8-17(15)30(19)23;21-11-9-16-18-17(10-11)25-15-8-4-2-6-13(15)23-20(25)26(18)19-22-12-5-1-3-7-14(12)24(16)19/h1-22H;1-13H;1-12H;1-10H. The van der Waals surface area contributed by atoms with Gasteiger partial charge in [0, 0.05) is 45.0 Å². The van der Waals surface area contributed by atoms with E-state index in [2.05, 4.69) is 264 Å². The third kappa shape index (κ3) is 9.15. The highest BCUT2D eigenvalue weighted by Crippen LogP contribution is 2.44. The van der Waals surface area contributed by atoms with Crippen molar-refractivity contribution in [1.82, 2.24) is 122 Å². The van der Waals surface area contributed by atoms with E-state index in [0.717, 1.165) is 229 Å². The molecular weight excluding hydrogens is 1660 g/mol. The summed E-state index contributed by atoms with van der Waals surface area (Å²) in [5, 5.41) is 3.24. The van der Waals surface area contributed by atoms with Gasteiger partial charge < -0.3 is 4.57 Å². The second kappa shape index (κ2) is 25.4. The van der Waals surface area contributed by atoms with Crippen LogP contribution in [0.2, 0.25) is 5.02 Å². The number of para-hydroxylation sites is 18. The molecule has 0 bridgehead atoms. The lowest BCUT2D eigenvalue weighted by molar-refractivity contribution is 1.06. The van der Waals surface area contributed by atoms with Crippen LogP contribution >= 0.6 is 11.6 Å². The predicted octanol–water partition coefficient (Wildman–Crippen LogP) is 22.3. The lowest BCUT2D eigenvalue weighted by Gasteiger charge is -2.10. The van der Waals surface area contributed by atoms with Crippen LogP contribution in [0.25, 0.3) is 262 Å². The molecule has 132 heavy (non-hydrogen) atoms. The molecule has 0 aliphatic carbocycles. The van der Waals surface area contributed by atoms with Crippen LogP contribution in [-0.4, -0.2) is 122 Å². The number of aromatic nitrogens is 26. The molecule has 0 amide bonds. The first-order valence-electron chi connectivity index (χ1n) is 43.3. The number of fused-ring (bicyclic) bond motifs is 43. The van der Waals surface area contributed by atoms with Crippen molar-refractivity contribution in [3.8, 4) is 39.6 Å². The number of rotatable bonds is 4. The van der Waals surface area contributed by atoms with Crippen molar-refractivity contribution in [2.24, 2.45) is 0 Å². The molecule has 0 fully saturated rings. The van der Waals surface area contributed by atoms with Crippen molar-refractivity contribution in [3.63, 3.8) is 0 Å². The highest BCUT2D eigenvalue weighted by molar-refractivity contribution is 6.32. The van der Waals surface area contributed by atoms with Crippen LogP contribution < -0.4 is 0 Å². The van der Waals surface area contributed by atoms with Crippen LogP contribution in [0.3, 0.4) is 0 Å². The van der Waals surface area contributed by atoms with Crippen LogP contribution in [0.4, 0.5) is 0 Å². The number of imidazole rings is 16. The van der Waals surface area contributed by atoms with E-state index in [1.165, 1.54) is 34.5 Å². The fourth-order valence-corrected chi connectivity index (χ4v) is 21.5. The molecular formula is C105H57ClN26. The van der Waals surface area contributed by atoms with E-state index in [9.17, 15) is 0 Å². The Hall–Kier alpha value is -18.6. The summed E-state index contributed by atoms with van der Waals surface area (Å²) in [6, 6.07) is 111. The van der Waals surface area contributed by atoms with E-state index in [-0.39, 0.29) is 0 Å². The Bertz CT molecular complexity index is 10100. The first kappa shape index (κ1) is 69.7. The van der Waals surface area contributed by atoms with Gasteiger partial charge in [0.25, 0.3) is 0 Å². The van der Waals surface area contributed by atoms with E-state index < -0.39 is 0 Å². The molecule has 27 heteroatoms. The van der Waals surface area contributed by atoms with Crippen molar-refractivity contribution in [2.75, 3.05) is 0 Å². The van der Waals surface area contributed by atoms with E-state index in [1.54, 1.807) is 12.4 Å². The van der Waals surface area contributed by atoms with Crippen molar-refractivity contribution >= 4 is 234 Å². The third-order valence-corrected chi connectivity index (χ3v) is 26.8. The van der Waals surface area contributed by atoms with Gasteiger partial charge in [-0.1, -0.05) is 157 Å². The zero-order valence-electron chi connectivity index (χ0n) is 68.9. The average Bonchev–Trinajstić information content (AvgIpc) is 1.53. The molecule has 34 rings (SSSR count). The van der Waals surface area contributed by atoms with Gasteiger partial charge in [0.2, 0.25) is 46.2 Å². The van der Waals surface area contributed by atoms with E-state index in [1.807, 2.05) is 140 Å². The fraction of sp³-hybridized carbons (Fsp3) is 0. The van der Waals surface area contributed by atoms with Gasteiger partial charge in [-0.25, -0.2) is 82.4 Å². The Morgan fingerprint density at radius 1 is 0.189 bits per heavy atom. The van der Waals surface area contributed by atoms with Crippen molar-refractivity contribution in [2.45, 2.75) is 0 Å². The quantitative estimate of drug-likeness (QED) is 0.160. The smallest absolute Gasteiger partial charge is 0.223 e. The molecule has 0 radical (unpaired) electrons. The highest BCUT2D eigenvalue weighted by Gasteiger charge is 2.31. The summed E-state index contributed by atoms with van der Waals surface area (Å²) >= 11 is 6.51. The summed E-state index contributed by atoms with van der Waals surface area (Å²) in [5.74, 6) is 8.23. The van der Waals surface area contributed by atoms with Gasteiger partial charge in [-0.05, 0) is 187 Å². The second-order valence-corrected chi connectivity index (χ2v) is 34.0. The van der Waals surface area contributed by atoms with Crippen molar-refractivity contribution < 1.29 is 0 Å². The molecule has 34 aromatic rings. The second-order valence-electron chi connectivity index (χ2n) is 33.6. The maximum atomic E-state index is 6.51. The molecule has 19 aromatic heterocycles. The van der Waals surface area contributed by atoms with E-state index in [4.69, 9.17) is 51.5 Å². The van der Waals surface area contributed by atoms with Gasteiger partial charge in [0.1, 0.15) is 34.7 Å². The molecule has 15 aromatic carbocycles. The van der Waals surface area contributed by atoms with E-state index in [0.29, 0.717) is 16.7 Å². The summed E-state index contributed by atoms with van der Waals surface area (Å²) < 4.78 is 28.8. The summed E-state index contributed by atoms with van der Waals surface area (Å²) in [6.07, 6.45) is 6.60. The molecule has 19 heterocycles. The third-order valence-electron chi connectivity index (χ3n) is 26.6. The van der Waals surface area contributed by atoms with Gasteiger partial charge in [0.05, 0.1) is 143 Å². The van der Waals surface area contributed by atoms with E-state index >= 15 is 0 Å². The van der Waals surface area contributed by atoms with Gasteiger partial charge >= 0.3 is 0 Å². The predicted molar refractivity (Wildman–Crippen MR) is 519 cm³/mol. The zero-order valence-corrected chi connectivity index (χ0v) is 69.7. The number of nitrogens with zero attached hydrogens (tertiary/aromatic N) is 26. The number of hydrogen-bond donors (Lipinski definition) is 0. The van der Waals surface area contributed by atoms with Gasteiger partial charge in [-0.3, -0.25) is 35.2 Å². The maximum absolute atomic E-state index is 6.51. The Morgan fingerprint density at radius 3 is 0.705 bits per heavy atom. The zero-order chi connectivity index (χ0) is 85.7. The Kier molecular flexibility index (Phi) is 13.4. The summed E-state index contributed by atoms with van der Waals surface area (Å²) in [7, 11) is 0. The van der Waals surface area contributed by atoms with Crippen LogP contribution in [0.5, 0.6) is 0 Å². The minimum atomic E-state index is 0.636. The average molecular weight is 1720 g/mol. The first-order chi connectivity index (χ1) is 65.4. The van der Waals surface area contributed by atoms with Gasteiger partial charge in [0.15, 0.2) is 11.6 Å². The Morgan fingerprint density at radius 2 is 0.424 bits per heavy atom. The topological polar surface area (TPSA) is 225 Å². The van der Waals surface area contributed by atoms with Crippen LogP contribution in [-0.2, 0) is 0 Å². The SMILES string of the molecule is Clc1cc2c3c(c1)n1c4ccccc4nc1n3c1nc3ccccc3n21.c1ccc2c(c1)nc1n2c2cc(-c3ccc(-n4c5ccccc5c5ccccc54)cc3)cc3c2n1c1nc2ccccc2n31.c1ccc2c(c1)nc1n2c2cc(-c3ncncn3)cc3c2n1c1nc2ccccc2n31.c1cnc(-c2cc3c4c(c2)n2c5ccccc5nc2n4c2nc4ccccc4n32)nc1. The molecule has 0 aliphatic rings. The van der Waals surface area contributed by atoms with Crippen molar-refractivity contribution in [3.05, 3.63) is 352 Å². The minimum Gasteiger partial charge on any atom is -0.309 e. The Labute approximate surface area is 742 Å². The highest BCUT2D eigenvalue weighted by atomic mass is 35.5. The van der Waals surface area contributed by atoms with Crippen LogP contribution in [0.1, 0.15) is 0 Å². The summed E-state index contributed by atoms with van der Waals surface area (Å²) in [4.78, 5) is 61.6. The minimum absolute atomic E-state index is 0.636. The summed E-state index contributed by atoms with van der Waals surface area (Å²) in [5.41, 5.74) is 37.1. The largest absolute Gasteiger partial charge is 0.309 e. The fourth-order valence-electron chi connectivity index (χ4n) is 21.3. The normalized spacial score (nSPS) is 12.6. The monoisotopic (exact) mass is 1720 g/mol. The molecule has 614 valence electrons. The molecule has 0 unspecified atom stereocenters. The molecule has 26 nitrogen and oxygen atoms in total.